The van der Waals surface area contributed by atoms with Crippen LogP contribution < -0.4 is 16.4 Å². The van der Waals surface area contributed by atoms with E-state index < -0.39 is 0 Å². The average Bonchev–Trinajstić information content (AvgIpc) is 2.32. The molecule has 0 heterocycles. The SMILES string of the molecule is CC(C)(C)NC(=O)NC1CCCC1N. The van der Waals surface area contributed by atoms with Gasteiger partial charge in [0.1, 0.15) is 0 Å². The predicted molar refractivity (Wildman–Crippen MR) is 57.0 cm³/mol. The van der Waals surface area contributed by atoms with Gasteiger partial charge in [-0.2, -0.15) is 0 Å². The van der Waals surface area contributed by atoms with Gasteiger partial charge in [0.05, 0.1) is 0 Å². The number of carbonyl (C=O) groups is 1. The molecule has 0 bridgehead atoms. The molecule has 2 atom stereocenters. The van der Waals surface area contributed by atoms with Crippen LogP contribution in [0.1, 0.15) is 40.0 Å². The Labute approximate surface area is 85.6 Å². The van der Waals surface area contributed by atoms with Crippen molar-refractivity contribution in [3.05, 3.63) is 0 Å². The minimum Gasteiger partial charge on any atom is -0.334 e. The van der Waals surface area contributed by atoms with Gasteiger partial charge in [-0.15, -0.1) is 0 Å². The summed E-state index contributed by atoms with van der Waals surface area (Å²) in [7, 11) is 0. The highest BCUT2D eigenvalue weighted by Crippen LogP contribution is 2.16. The van der Waals surface area contributed by atoms with Gasteiger partial charge in [-0.05, 0) is 40.0 Å². The molecule has 0 aromatic heterocycles. The zero-order valence-electron chi connectivity index (χ0n) is 9.26. The lowest BCUT2D eigenvalue weighted by atomic mass is 10.1. The van der Waals surface area contributed by atoms with Gasteiger partial charge < -0.3 is 16.4 Å². The van der Waals surface area contributed by atoms with Crippen LogP contribution in [0, 0.1) is 0 Å². The maximum Gasteiger partial charge on any atom is 0.315 e. The number of nitrogens with one attached hydrogen (secondary N) is 2. The fraction of sp³-hybridized carbons (Fsp3) is 0.900. The molecule has 4 heteroatoms. The van der Waals surface area contributed by atoms with E-state index in [2.05, 4.69) is 10.6 Å². The Morgan fingerprint density at radius 3 is 2.43 bits per heavy atom. The lowest BCUT2D eigenvalue weighted by molar-refractivity contribution is 0.227. The van der Waals surface area contributed by atoms with Gasteiger partial charge in [-0.25, -0.2) is 4.79 Å². The first-order valence-electron chi connectivity index (χ1n) is 5.23. The van der Waals surface area contributed by atoms with Crippen molar-refractivity contribution in [3.8, 4) is 0 Å². The topological polar surface area (TPSA) is 67.2 Å². The number of amides is 2. The Hall–Kier alpha value is -0.770. The van der Waals surface area contributed by atoms with Crippen molar-refractivity contribution < 1.29 is 4.79 Å². The van der Waals surface area contributed by atoms with Crippen LogP contribution in [-0.2, 0) is 0 Å². The summed E-state index contributed by atoms with van der Waals surface area (Å²) in [5.74, 6) is 0. The van der Waals surface area contributed by atoms with E-state index in [0.717, 1.165) is 19.3 Å². The molecule has 82 valence electrons. The second kappa shape index (κ2) is 4.17. The minimum absolute atomic E-state index is 0.111. The summed E-state index contributed by atoms with van der Waals surface area (Å²) in [6.45, 7) is 5.88. The molecular weight excluding hydrogens is 178 g/mol. The Bertz CT molecular complexity index is 210. The summed E-state index contributed by atoms with van der Waals surface area (Å²) < 4.78 is 0. The first kappa shape index (κ1) is 11.3. The smallest absolute Gasteiger partial charge is 0.315 e. The van der Waals surface area contributed by atoms with Gasteiger partial charge in [0, 0.05) is 17.6 Å². The highest BCUT2D eigenvalue weighted by atomic mass is 16.2. The minimum atomic E-state index is -0.188. The zero-order valence-corrected chi connectivity index (χ0v) is 9.26. The number of hydrogen-bond donors (Lipinski definition) is 3. The molecular formula is C10H21N3O. The zero-order chi connectivity index (χ0) is 10.8. The van der Waals surface area contributed by atoms with Crippen molar-refractivity contribution in [2.75, 3.05) is 0 Å². The molecule has 0 aliphatic heterocycles. The van der Waals surface area contributed by atoms with Crippen molar-refractivity contribution in [1.29, 1.82) is 0 Å². The van der Waals surface area contributed by atoms with Crippen molar-refractivity contribution in [1.82, 2.24) is 10.6 Å². The van der Waals surface area contributed by atoms with Crippen LogP contribution in [0.15, 0.2) is 0 Å². The molecule has 4 nitrogen and oxygen atoms in total. The molecule has 1 saturated carbocycles. The molecule has 4 N–H and O–H groups in total. The van der Waals surface area contributed by atoms with Crippen LogP contribution in [0.5, 0.6) is 0 Å². The summed E-state index contributed by atoms with van der Waals surface area (Å²) in [6, 6.07) is 0.165. The summed E-state index contributed by atoms with van der Waals surface area (Å²) >= 11 is 0. The molecule has 2 amide bonds. The molecule has 1 aliphatic rings. The van der Waals surface area contributed by atoms with Gasteiger partial charge in [0.25, 0.3) is 0 Å². The van der Waals surface area contributed by atoms with Crippen molar-refractivity contribution in [2.24, 2.45) is 5.73 Å². The van der Waals surface area contributed by atoms with Gasteiger partial charge in [0.2, 0.25) is 0 Å². The van der Waals surface area contributed by atoms with Crippen LogP contribution in [0.2, 0.25) is 0 Å². The van der Waals surface area contributed by atoms with Gasteiger partial charge in [-0.3, -0.25) is 0 Å². The first-order chi connectivity index (χ1) is 6.38. The Kier molecular flexibility index (Phi) is 3.37. The second-order valence-electron chi connectivity index (χ2n) is 5.05. The highest BCUT2D eigenvalue weighted by Gasteiger charge is 2.26. The summed E-state index contributed by atoms with van der Waals surface area (Å²) in [4.78, 5) is 11.5. The van der Waals surface area contributed by atoms with E-state index in [1.54, 1.807) is 0 Å². The highest BCUT2D eigenvalue weighted by molar-refractivity contribution is 5.75. The Balaban J connectivity index is 2.33. The summed E-state index contributed by atoms with van der Waals surface area (Å²) in [5.41, 5.74) is 5.66. The fourth-order valence-electron chi connectivity index (χ4n) is 1.71. The number of hydrogen-bond acceptors (Lipinski definition) is 2. The number of urea groups is 1. The van der Waals surface area contributed by atoms with E-state index in [9.17, 15) is 4.79 Å². The lowest BCUT2D eigenvalue weighted by Gasteiger charge is -2.24. The molecule has 2 unspecified atom stereocenters. The molecule has 14 heavy (non-hydrogen) atoms. The Morgan fingerprint density at radius 1 is 1.36 bits per heavy atom. The second-order valence-corrected chi connectivity index (χ2v) is 5.05. The molecule has 1 aliphatic carbocycles. The third kappa shape index (κ3) is 3.54. The monoisotopic (exact) mass is 199 g/mol. The first-order valence-corrected chi connectivity index (χ1v) is 5.23. The molecule has 0 spiro atoms. The van der Waals surface area contributed by atoms with Crippen LogP contribution in [0.4, 0.5) is 4.79 Å². The van der Waals surface area contributed by atoms with E-state index in [4.69, 9.17) is 5.73 Å². The Morgan fingerprint density at radius 2 is 2.00 bits per heavy atom. The van der Waals surface area contributed by atoms with Gasteiger partial charge in [-0.1, -0.05) is 0 Å². The summed E-state index contributed by atoms with van der Waals surface area (Å²) in [6.07, 6.45) is 3.13. The third-order valence-corrected chi connectivity index (χ3v) is 2.37. The largest absolute Gasteiger partial charge is 0.334 e. The van der Waals surface area contributed by atoms with Crippen LogP contribution in [-0.4, -0.2) is 23.7 Å². The van der Waals surface area contributed by atoms with E-state index in [-0.39, 0.29) is 23.7 Å². The maximum atomic E-state index is 11.5. The molecule has 0 aromatic rings. The van der Waals surface area contributed by atoms with E-state index in [1.165, 1.54) is 0 Å². The third-order valence-electron chi connectivity index (χ3n) is 2.37. The molecule has 0 radical (unpaired) electrons. The van der Waals surface area contributed by atoms with E-state index in [1.807, 2.05) is 20.8 Å². The number of rotatable bonds is 1. The summed E-state index contributed by atoms with van der Waals surface area (Å²) in [5, 5.41) is 5.77. The van der Waals surface area contributed by atoms with Crippen LogP contribution in [0.25, 0.3) is 0 Å². The molecule has 1 rings (SSSR count). The van der Waals surface area contributed by atoms with Gasteiger partial charge in [0.15, 0.2) is 0 Å². The quantitative estimate of drug-likeness (QED) is 0.589. The van der Waals surface area contributed by atoms with Gasteiger partial charge >= 0.3 is 6.03 Å². The van der Waals surface area contributed by atoms with E-state index in [0.29, 0.717) is 0 Å². The molecule has 1 fully saturated rings. The van der Waals surface area contributed by atoms with Crippen molar-refractivity contribution in [3.63, 3.8) is 0 Å². The van der Waals surface area contributed by atoms with Crippen molar-refractivity contribution in [2.45, 2.75) is 57.7 Å². The number of nitrogens with two attached hydrogens (primary N) is 1. The maximum absolute atomic E-state index is 11.5. The van der Waals surface area contributed by atoms with Crippen LogP contribution in [0.3, 0.4) is 0 Å². The number of carbonyl (C=O) groups excluding carboxylic acids is 1. The molecule has 0 saturated heterocycles. The fourth-order valence-corrected chi connectivity index (χ4v) is 1.71. The van der Waals surface area contributed by atoms with Crippen LogP contribution >= 0.6 is 0 Å². The standard InChI is InChI=1S/C10H21N3O/c1-10(2,3)13-9(14)12-8-6-4-5-7(8)11/h7-8H,4-6,11H2,1-3H3,(H2,12,13,14). The van der Waals surface area contributed by atoms with Crippen molar-refractivity contribution >= 4 is 6.03 Å². The predicted octanol–water partition coefficient (Wildman–Crippen LogP) is 0.964. The molecule has 0 aromatic carbocycles. The normalized spacial score (nSPS) is 27.4. The average molecular weight is 199 g/mol. The lowest BCUT2D eigenvalue weighted by Crippen LogP contribution is -2.52. The van der Waals surface area contributed by atoms with E-state index >= 15 is 0 Å².